The molecule has 2 fully saturated rings. The first-order valence-electron chi connectivity index (χ1n) is 11.1. The highest BCUT2D eigenvalue weighted by Crippen LogP contribution is 2.31. The molecule has 2 aliphatic rings. The van der Waals surface area contributed by atoms with Crippen LogP contribution in [0.1, 0.15) is 53.1 Å². The zero-order valence-corrected chi connectivity index (χ0v) is 17.9. The van der Waals surface area contributed by atoms with Crippen LogP contribution in [0.2, 0.25) is 0 Å². The third-order valence-corrected chi connectivity index (χ3v) is 6.59. The largest absolute Gasteiger partial charge is 0.416 e. The standard InChI is InChI=1S/C25H27F3N2O2/c26-25(27,28)22-10-8-20(9-11-22)23(31)30-14-4-7-21(17-30)24(32)29-15-12-19(13-16-29)18-5-2-1-3-6-18/h1-3,5-6,8-11,19,21H,4,7,12-17H2. The Morgan fingerprint density at radius 3 is 2.09 bits per heavy atom. The molecule has 0 saturated carbocycles. The first kappa shape index (κ1) is 22.4. The zero-order chi connectivity index (χ0) is 22.7. The molecule has 0 radical (unpaired) electrons. The summed E-state index contributed by atoms with van der Waals surface area (Å²) >= 11 is 0. The number of likely N-dealkylation sites (tertiary alicyclic amines) is 2. The number of nitrogens with zero attached hydrogens (tertiary/aromatic N) is 2. The number of hydrogen-bond acceptors (Lipinski definition) is 2. The smallest absolute Gasteiger partial charge is 0.342 e. The minimum Gasteiger partial charge on any atom is -0.342 e. The molecule has 0 bridgehead atoms. The molecule has 7 heteroatoms. The lowest BCUT2D eigenvalue weighted by Gasteiger charge is -2.38. The topological polar surface area (TPSA) is 40.6 Å². The van der Waals surface area contributed by atoms with Gasteiger partial charge in [0.15, 0.2) is 0 Å². The van der Waals surface area contributed by atoms with Crippen molar-refractivity contribution in [1.82, 2.24) is 9.80 Å². The van der Waals surface area contributed by atoms with E-state index in [0.29, 0.717) is 38.5 Å². The molecule has 2 aromatic carbocycles. The van der Waals surface area contributed by atoms with Crippen LogP contribution < -0.4 is 0 Å². The predicted octanol–water partition coefficient (Wildman–Crippen LogP) is 4.96. The average Bonchev–Trinajstić information content (AvgIpc) is 2.83. The lowest BCUT2D eigenvalue weighted by atomic mass is 9.88. The molecule has 4 rings (SSSR count). The van der Waals surface area contributed by atoms with E-state index in [-0.39, 0.29) is 23.3 Å². The molecule has 4 nitrogen and oxygen atoms in total. The maximum atomic E-state index is 13.1. The summed E-state index contributed by atoms with van der Waals surface area (Å²) in [5.74, 6) is -0.0276. The molecule has 2 saturated heterocycles. The van der Waals surface area contributed by atoms with Gasteiger partial charge in [-0.25, -0.2) is 0 Å². The van der Waals surface area contributed by atoms with Gasteiger partial charge in [0, 0.05) is 31.7 Å². The Labute approximate surface area is 186 Å². The van der Waals surface area contributed by atoms with Gasteiger partial charge in [-0.3, -0.25) is 9.59 Å². The van der Waals surface area contributed by atoms with Gasteiger partial charge in [-0.05, 0) is 61.4 Å². The highest BCUT2D eigenvalue weighted by Gasteiger charge is 2.34. The van der Waals surface area contributed by atoms with Crippen LogP contribution in [0.4, 0.5) is 13.2 Å². The minimum atomic E-state index is -4.43. The highest BCUT2D eigenvalue weighted by molar-refractivity contribution is 5.94. The van der Waals surface area contributed by atoms with Crippen molar-refractivity contribution in [1.29, 1.82) is 0 Å². The molecule has 0 aromatic heterocycles. The van der Waals surface area contributed by atoms with Gasteiger partial charge in [-0.15, -0.1) is 0 Å². The van der Waals surface area contributed by atoms with Crippen molar-refractivity contribution in [2.24, 2.45) is 5.92 Å². The van der Waals surface area contributed by atoms with E-state index in [4.69, 9.17) is 0 Å². The fraction of sp³-hybridized carbons (Fsp3) is 0.440. The Bertz CT molecular complexity index is 936. The van der Waals surface area contributed by atoms with Crippen molar-refractivity contribution in [3.63, 3.8) is 0 Å². The van der Waals surface area contributed by atoms with Gasteiger partial charge in [0.05, 0.1) is 11.5 Å². The Morgan fingerprint density at radius 2 is 1.47 bits per heavy atom. The molecule has 32 heavy (non-hydrogen) atoms. The average molecular weight is 444 g/mol. The fourth-order valence-corrected chi connectivity index (χ4v) is 4.76. The van der Waals surface area contributed by atoms with Crippen LogP contribution in [-0.4, -0.2) is 47.8 Å². The number of amides is 2. The summed E-state index contributed by atoms with van der Waals surface area (Å²) in [6, 6.07) is 14.6. The van der Waals surface area contributed by atoms with Crippen molar-refractivity contribution in [3.8, 4) is 0 Å². The maximum absolute atomic E-state index is 13.1. The van der Waals surface area contributed by atoms with E-state index in [9.17, 15) is 22.8 Å². The van der Waals surface area contributed by atoms with E-state index in [2.05, 4.69) is 12.1 Å². The Balaban J connectivity index is 1.34. The highest BCUT2D eigenvalue weighted by atomic mass is 19.4. The number of carbonyl (C=O) groups excluding carboxylic acids is 2. The molecule has 0 aliphatic carbocycles. The number of halogens is 3. The summed E-state index contributed by atoms with van der Waals surface area (Å²) in [7, 11) is 0. The SMILES string of the molecule is O=C(c1ccc(C(F)(F)F)cc1)N1CCCC(C(=O)N2CCC(c3ccccc3)CC2)C1. The monoisotopic (exact) mass is 444 g/mol. The first-order chi connectivity index (χ1) is 15.3. The summed E-state index contributed by atoms with van der Waals surface area (Å²) in [6.45, 7) is 2.25. The fourth-order valence-electron chi connectivity index (χ4n) is 4.76. The van der Waals surface area contributed by atoms with E-state index in [1.807, 2.05) is 23.1 Å². The number of rotatable bonds is 3. The molecular weight excluding hydrogens is 417 g/mol. The molecule has 2 aliphatic heterocycles. The van der Waals surface area contributed by atoms with Gasteiger partial charge < -0.3 is 9.80 Å². The Hall–Kier alpha value is -2.83. The third-order valence-electron chi connectivity index (χ3n) is 6.59. The van der Waals surface area contributed by atoms with Gasteiger partial charge in [0.25, 0.3) is 5.91 Å². The number of alkyl halides is 3. The lowest BCUT2D eigenvalue weighted by molar-refractivity contribution is -0.138. The van der Waals surface area contributed by atoms with Crippen molar-refractivity contribution < 1.29 is 22.8 Å². The number of carbonyl (C=O) groups is 2. The van der Waals surface area contributed by atoms with E-state index < -0.39 is 11.7 Å². The van der Waals surface area contributed by atoms with Crippen LogP contribution in [0.5, 0.6) is 0 Å². The second kappa shape index (κ2) is 9.35. The van der Waals surface area contributed by atoms with Gasteiger partial charge in [0.1, 0.15) is 0 Å². The van der Waals surface area contributed by atoms with Crippen molar-refractivity contribution in [2.45, 2.75) is 37.8 Å². The second-order valence-electron chi connectivity index (χ2n) is 8.68. The maximum Gasteiger partial charge on any atom is 0.416 e. The molecular formula is C25H27F3N2O2. The van der Waals surface area contributed by atoms with Crippen LogP contribution in [0.25, 0.3) is 0 Å². The summed E-state index contributed by atoms with van der Waals surface area (Å²) in [5.41, 5.74) is 0.750. The number of piperidine rings is 2. The van der Waals surface area contributed by atoms with Crippen LogP contribution in [0.3, 0.4) is 0 Å². The summed E-state index contributed by atoms with van der Waals surface area (Å²) < 4.78 is 38.3. The van der Waals surface area contributed by atoms with Crippen molar-refractivity contribution in [2.75, 3.05) is 26.2 Å². The summed E-state index contributed by atoms with van der Waals surface area (Å²) in [6.07, 6.45) is -1.14. The first-order valence-corrected chi connectivity index (χ1v) is 11.1. The zero-order valence-electron chi connectivity index (χ0n) is 17.9. The molecule has 170 valence electrons. The van der Waals surface area contributed by atoms with Crippen molar-refractivity contribution in [3.05, 3.63) is 71.3 Å². The van der Waals surface area contributed by atoms with E-state index in [1.54, 1.807) is 4.90 Å². The molecule has 2 heterocycles. The minimum absolute atomic E-state index is 0.0847. The summed E-state index contributed by atoms with van der Waals surface area (Å²) in [4.78, 5) is 29.5. The van der Waals surface area contributed by atoms with Crippen LogP contribution >= 0.6 is 0 Å². The van der Waals surface area contributed by atoms with Gasteiger partial charge in [-0.2, -0.15) is 13.2 Å². The molecule has 1 atom stereocenters. The quantitative estimate of drug-likeness (QED) is 0.671. The van der Waals surface area contributed by atoms with Gasteiger partial charge in [-0.1, -0.05) is 30.3 Å². The molecule has 1 unspecified atom stereocenters. The number of benzene rings is 2. The summed E-state index contributed by atoms with van der Waals surface area (Å²) in [5, 5.41) is 0. The number of hydrogen-bond donors (Lipinski definition) is 0. The normalized spacial score (nSPS) is 20.3. The molecule has 2 amide bonds. The lowest BCUT2D eigenvalue weighted by Crippen LogP contribution is -2.48. The Kier molecular flexibility index (Phi) is 6.53. The van der Waals surface area contributed by atoms with Crippen LogP contribution in [-0.2, 0) is 11.0 Å². The Morgan fingerprint density at radius 1 is 0.812 bits per heavy atom. The van der Waals surface area contributed by atoms with Crippen molar-refractivity contribution >= 4 is 11.8 Å². The molecule has 0 spiro atoms. The van der Waals surface area contributed by atoms with E-state index in [0.717, 1.165) is 31.4 Å². The van der Waals surface area contributed by atoms with Crippen LogP contribution in [0, 0.1) is 5.92 Å². The predicted molar refractivity (Wildman–Crippen MR) is 115 cm³/mol. The van der Waals surface area contributed by atoms with Gasteiger partial charge >= 0.3 is 6.18 Å². The second-order valence-corrected chi connectivity index (χ2v) is 8.68. The van der Waals surface area contributed by atoms with Gasteiger partial charge in [0.2, 0.25) is 5.91 Å². The molecule has 2 aromatic rings. The molecule has 0 N–H and O–H groups in total. The van der Waals surface area contributed by atoms with E-state index >= 15 is 0 Å². The third kappa shape index (κ3) is 4.97. The van der Waals surface area contributed by atoms with E-state index in [1.165, 1.54) is 17.7 Å². The van der Waals surface area contributed by atoms with Crippen LogP contribution in [0.15, 0.2) is 54.6 Å².